The molecule has 0 aliphatic carbocycles. The number of benzene rings is 2. The van der Waals surface area contributed by atoms with Gasteiger partial charge in [-0.05, 0) is 41.4 Å². The average molecular weight is 384 g/mol. The number of hydrogen-bond donors (Lipinski definition) is 1. The second kappa shape index (κ2) is 6.51. The molecule has 3 heterocycles. The molecule has 0 atom stereocenters. The van der Waals surface area contributed by atoms with Crippen LogP contribution in [0.4, 0.5) is 17.1 Å². The summed E-state index contributed by atoms with van der Waals surface area (Å²) in [5.74, 6) is -0.0544. The summed E-state index contributed by atoms with van der Waals surface area (Å²) in [7, 11) is 0. The Bertz CT molecular complexity index is 1140. The number of nitrogens with one attached hydrogen (secondary N) is 1. The molecule has 2 aromatic carbocycles. The van der Waals surface area contributed by atoms with Crippen molar-refractivity contribution in [3.05, 3.63) is 83.7 Å². The molecule has 1 aromatic heterocycles. The Balaban J connectivity index is 1.60. The van der Waals surface area contributed by atoms with E-state index >= 15 is 0 Å². The maximum absolute atomic E-state index is 12.7. The van der Waals surface area contributed by atoms with Crippen molar-refractivity contribution in [1.29, 1.82) is 0 Å². The highest BCUT2D eigenvalue weighted by atomic mass is 16.2. The quantitative estimate of drug-likeness (QED) is 0.682. The van der Waals surface area contributed by atoms with Gasteiger partial charge in [0.1, 0.15) is 11.4 Å². The second-order valence-electron chi connectivity index (χ2n) is 7.87. The van der Waals surface area contributed by atoms with Crippen LogP contribution in [0.2, 0.25) is 0 Å². The first kappa shape index (κ1) is 17.6. The fourth-order valence-electron chi connectivity index (χ4n) is 4.01. The molecule has 3 aromatic rings. The Morgan fingerprint density at radius 3 is 2.76 bits per heavy atom. The Morgan fingerprint density at radius 1 is 1.10 bits per heavy atom. The summed E-state index contributed by atoms with van der Waals surface area (Å²) in [6.07, 6.45) is 1.79. The van der Waals surface area contributed by atoms with E-state index in [-0.39, 0.29) is 5.91 Å². The van der Waals surface area contributed by atoms with Gasteiger partial charge in [0.15, 0.2) is 6.54 Å². The first-order valence-corrected chi connectivity index (χ1v) is 9.72. The minimum absolute atomic E-state index is 0.0544. The Morgan fingerprint density at radius 2 is 1.93 bits per heavy atom. The number of pyridine rings is 1. The summed E-state index contributed by atoms with van der Waals surface area (Å²) in [4.78, 5) is 19.4. The molecule has 1 amide bonds. The van der Waals surface area contributed by atoms with Gasteiger partial charge in [-0.25, -0.2) is 0 Å². The highest BCUT2D eigenvalue weighted by Gasteiger charge is 2.38. The molecule has 0 radical (unpaired) electrons. The van der Waals surface area contributed by atoms with Crippen LogP contribution < -0.4 is 14.9 Å². The third kappa shape index (κ3) is 2.97. The van der Waals surface area contributed by atoms with Gasteiger partial charge in [0.25, 0.3) is 11.6 Å². The van der Waals surface area contributed by atoms with Gasteiger partial charge >= 0.3 is 0 Å². The average Bonchev–Trinajstić information content (AvgIpc) is 3.15. The van der Waals surface area contributed by atoms with Gasteiger partial charge in [-0.2, -0.15) is 0 Å². The van der Waals surface area contributed by atoms with Crippen LogP contribution in [0.25, 0.3) is 0 Å². The number of carbonyl (C=O) groups excluding carboxylic acids is 1. The summed E-state index contributed by atoms with van der Waals surface area (Å²) >= 11 is 0. The van der Waals surface area contributed by atoms with Crippen LogP contribution in [0.15, 0.2) is 72.0 Å². The third-order valence-electron chi connectivity index (χ3n) is 5.50. The van der Waals surface area contributed by atoms with E-state index in [0.717, 1.165) is 22.8 Å². The number of carbonyl (C=O) groups is 1. The number of azo groups is 2. The number of rotatable bonds is 3. The first-order valence-electron chi connectivity index (χ1n) is 9.72. The van der Waals surface area contributed by atoms with Gasteiger partial charge < -0.3 is 10.2 Å². The largest absolute Gasteiger partial charge is 0.344 e. The SMILES string of the molecule is CC1(C)NC(=O)c2ccc([N+]3=NCc4ncccc43)cc2N1Cc1ccccc1. The van der Waals surface area contributed by atoms with Gasteiger partial charge in [-0.3, -0.25) is 9.78 Å². The Hall–Kier alpha value is -3.54. The molecule has 6 nitrogen and oxygen atoms in total. The van der Waals surface area contributed by atoms with E-state index in [9.17, 15) is 4.79 Å². The molecular weight excluding hydrogens is 362 g/mol. The monoisotopic (exact) mass is 384 g/mol. The molecule has 6 heteroatoms. The standard InChI is InChI=1S/C23H21N5O/c1-23(2)26-22(29)18-11-10-17(28-20-9-6-12-24-19(20)14-25-28)13-21(18)27(23)15-16-7-4-3-5-8-16/h3-13H,14-15H2,1-2H3/p+1. The molecule has 5 rings (SSSR count). The maximum Gasteiger partial charge on any atom is 0.261 e. The third-order valence-corrected chi connectivity index (χ3v) is 5.50. The molecule has 0 unspecified atom stereocenters. The van der Waals surface area contributed by atoms with Gasteiger partial charge in [0, 0.05) is 30.9 Å². The first-order chi connectivity index (χ1) is 14.0. The molecule has 144 valence electrons. The van der Waals surface area contributed by atoms with Crippen molar-refractivity contribution < 1.29 is 4.79 Å². The van der Waals surface area contributed by atoms with Crippen LogP contribution in [0.5, 0.6) is 0 Å². The zero-order valence-corrected chi connectivity index (χ0v) is 16.5. The van der Waals surface area contributed by atoms with Crippen molar-refractivity contribution in [1.82, 2.24) is 15.0 Å². The molecule has 29 heavy (non-hydrogen) atoms. The Kier molecular flexibility index (Phi) is 3.94. The normalized spacial score (nSPS) is 16.7. The zero-order chi connectivity index (χ0) is 20.0. The predicted molar refractivity (Wildman–Crippen MR) is 112 cm³/mol. The molecule has 0 saturated carbocycles. The summed E-state index contributed by atoms with van der Waals surface area (Å²) < 4.78 is 1.92. The minimum Gasteiger partial charge on any atom is -0.344 e. The van der Waals surface area contributed by atoms with Crippen LogP contribution >= 0.6 is 0 Å². The molecule has 1 N–H and O–H groups in total. The molecule has 0 spiro atoms. The molecule has 0 saturated heterocycles. The Labute approximate surface area is 169 Å². The number of aromatic nitrogens is 1. The lowest BCUT2D eigenvalue weighted by atomic mass is 9.99. The zero-order valence-electron chi connectivity index (χ0n) is 16.5. The number of nitrogens with zero attached hydrogens (tertiary/aromatic N) is 4. The van der Waals surface area contributed by atoms with Crippen LogP contribution in [0.3, 0.4) is 0 Å². The lowest BCUT2D eigenvalue weighted by molar-refractivity contribution is 0.0897. The number of fused-ring (bicyclic) bond motifs is 2. The van der Waals surface area contributed by atoms with Crippen molar-refractivity contribution in [3.63, 3.8) is 0 Å². The van der Waals surface area contributed by atoms with Crippen molar-refractivity contribution in [2.75, 3.05) is 4.90 Å². The van der Waals surface area contributed by atoms with E-state index < -0.39 is 5.66 Å². The molecular formula is C23H22N5O+. The molecule has 2 aliphatic heterocycles. The van der Waals surface area contributed by atoms with Crippen molar-refractivity contribution in [3.8, 4) is 0 Å². The summed E-state index contributed by atoms with van der Waals surface area (Å²) in [6, 6.07) is 20.1. The maximum atomic E-state index is 12.7. The van der Waals surface area contributed by atoms with Crippen molar-refractivity contribution in [2.45, 2.75) is 32.6 Å². The topological polar surface area (TPSA) is 60.6 Å². The number of anilines is 1. The fourth-order valence-corrected chi connectivity index (χ4v) is 4.01. The van der Waals surface area contributed by atoms with E-state index in [1.54, 1.807) is 6.20 Å². The second-order valence-corrected chi connectivity index (χ2v) is 7.87. The fraction of sp³-hybridized carbons (Fsp3) is 0.217. The molecule has 2 aliphatic rings. The van der Waals surface area contributed by atoms with E-state index in [2.05, 4.69) is 38.5 Å². The minimum atomic E-state index is -0.514. The van der Waals surface area contributed by atoms with E-state index in [4.69, 9.17) is 0 Å². The van der Waals surface area contributed by atoms with Crippen LogP contribution in [-0.4, -0.2) is 16.6 Å². The predicted octanol–water partition coefficient (Wildman–Crippen LogP) is 4.37. The van der Waals surface area contributed by atoms with E-state index in [1.165, 1.54) is 5.56 Å². The van der Waals surface area contributed by atoms with Gasteiger partial charge in [-0.1, -0.05) is 30.3 Å². The highest BCUT2D eigenvalue weighted by molar-refractivity contribution is 6.03. The smallest absolute Gasteiger partial charge is 0.261 e. The molecule has 0 bridgehead atoms. The van der Waals surface area contributed by atoms with Crippen molar-refractivity contribution >= 4 is 23.0 Å². The van der Waals surface area contributed by atoms with E-state index in [1.807, 2.05) is 61.0 Å². The van der Waals surface area contributed by atoms with Crippen LogP contribution in [0, 0.1) is 0 Å². The van der Waals surface area contributed by atoms with Crippen LogP contribution in [-0.2, 0) is 13.1 Å². The number of hydrogen-bond acceptors (Lipinski definition) is 4. The molecule has 0 fully saturated rings. The van der Waals surface area contributed by atoms with Crippen LogP contribution in [0.1, 0.15) is 35.5 Å². The summed E-state index contributed by atoms with van der Waals surface area (Å²) in [5.41, 5.74) is 5.14. The van der Waals surface area contributed by atoms with Crippen molar-refractivity contribution in [2.24, 2.45) is 5.11 Å². The van der Waals surface area contributed by atoms with Gasteiger partial charge in [0.2, 0.25) is 5.69 Å². The van der Waals surface area contributed by atoms with Gasteiger partial charge in [0.05, 0.1) is 11.3 Å². The lowest BCUT2D eigenvalue weighted by Crippen LogP contribution is -2.60. The number of amides is 1. The summed E-state index contributed by atoms with van der Waals surface area (Å²) in [6.45, 7) is 5.32. The summed E-state index contributed by atoms with van der Waals surface area (Å²) in [5, 5.41) is 7.77. The van der Waals surface area contributed by atoms with E-state index in [0.29, 0.717) is 18.7 Å². The highest BCUT2D eigenvalue weighted by Crippen LogP contribution is 2.37. The lowest BCUT2D eigenvalue weighted by Gasteiger charge is -2.45. The van der Waals surface area contributed by atoms with Gasteiger partial charge in [-0.15, -0.1) is 0 Å².